The van der Waals surface area contributed by atoms with Gasteiger partial charge in [0.1, 0.15) is 0 Å². The van der Waals surface area contributed by atoms with Gasteiger partial charge in [-0.05, 0) is 42.5 Å². The molecule has 0 atom stereocenters. The molecule has 0 aliphatic rings. The van der Waals surface area contributed by atoms with Crippen LogP contribution in [0.15, 0.2) is 48.7 Å². The molecule has 0 fully saturated rings. The van der Waals surface area contributed by atoms with Crippen LogP contribution in [0.25, 0.3) is 10.9 Å². The molecule has 1 aromatic heterocycles. The van der Waals surface area contributed by atoms with Gasteiger partial charge < -0.3 is 10.6 Å². The summed E-state index contributed by atoms with van der Waals surface area (Å²) in [5.74, 6) is -0.331. The van der Waals surface area contributed by atoms with E-state index < -0.39 is 10.0 Å². The number of sulfonamides is 1. The van der Waals surface area contributed by atoms with E-state index in [9.17, 15) is 13.2 Å². The van der Waals surface area contributed by atoms with Gasteiger partial charge in [-0.3, -0.25) is 14.1 Å². The number of hydrogen-bond donors (Lipinski definition) is 2. The fourth-order valence-corrected chi connectivity index (χ4v) is 3.79. The number of pyridine rings is 1. The van der Waals surface area contributed by atoms with Crippen LogP contribution in [0.4, 0.5) is 11.4 Å². The molecule has 1 heterocycles. The van der Waals surface area contributed by atoms with Crippen molar-refractivity contribution in [3.8, 4) is 0 Å². The Morgan fingerprint density at radius 1 is 1.10 bits per heavy atom. The monoisotopic (exact) mass is 466 g/mol. The lowest BCUT2D eigenvalue weighted by atomic mass is 10.2. The summed E-state index contributed by atoms with van der Waals surface area (Å²) < 4.78 is 24.6. The highest BCUT2D eigenvalue weighted by molar-refractivity contribution is 7.92. The number of nitrogens with one attached hydrogen (secondary N) is 2. The van der Waals surface area contributed by atoms with Crippen LogP contribution >= 0.6 is 23.2 Å². The summed E-state index contributed by atoms with van der Waals surface area (Å²) in [6, 6.07) is 11.8. The molecule has 3 aromatic rings. The number of aromatic nitrogens is 1. The van der Waals surface area contributed by atoms with Gasteiger partial charge in [0.2, 0.25) is 10.0 Å². The summed E-state index contributed by atoms with van der Waals surface area (Å²) >= 11 is 12.1. The minimum atomic E-state index is -3.50. The van der Waals surface area contributed by atoms with Crippen molar-refractivity contribution < 1.29 is 13.2 Å². The molecular weight excluding hydrogens is 447 g/mol. The Bertz CT molecular complexity index is 1200. The predicted molar refractivity (Wildman–Crippen MR) is 122 cm³/mol. The standard InChI is InChI=1S/C20H20Cl2N4O3S/c1-26(30(2,28)29)19-11-13(3-6-16(19)22)20(27)25-10-9-24-17-7-8-23-18-12-14(21)4-5-15(17)18/h3-8,11-12H,9-10H2,1-2H3,(H,23,24)(H,25,27). The first-order valence-corrected chi connectivity index (χ1v) is 11.6. The van der Waals surface area contributed by atoms with Gasteiger partial charge in [0.15, 0.2) is 0 Å². The van der Waals surface area contributed by atoms with Crippen molar-refractivity contribution in [2.45, 2.75) is 0 Å². The minimum absolute atomic E-state index is 0.241. The molecule has 0 spiro atoms. The summed E-state index contributed by atoms with van der Waals surface area (Å²) in [5.41, 5.74) is 2.22. The topological polar surface area (TPSA) is 91.4 Å². The third-order valence-electron chi connectivity index (χ3n) is 4.48. The zero-order valence-electron chi connectivity index (χ0n) is 16.3. The van der Waals surface area contributed by atoms with Gasteiger partial charge in [-0.15, -0.1) is 0 Å². The number of carbonyl (C=O) groups excluding carboxylic acids is 1. The molecule has 2 aromatic carbocycles. The quantitative estimate of drug-likeness (QED) is 0.516. The molecule has 30 heavy (non-hydrogen) atoms. The molecule has 0 bridgehead atoms. The number of amides is 1. The van der Waals surface area contributed by atoms with Gasteiger partial charge >= 0.3 is 0 Å². The summed E-state index contributed by atoms with van der Waals surface area (Å²) in [5, 5.41) is 7.85. The van der Waals surface area contributed by atoms with Gasteiger partial charge in [0.05, 0.1) is 22.5 Å². The first-order chi connectivity index (χ1) is 14.2. The highest BCUT2D eigenvalue weighted by atomic mass is 35.5. The van der Waals surface area contributed by atoms with Crippen molar-refractivity contribution in [2.24, 2.45) is 0 Å². The maximum atomic E-state index is 12.5. The number of rotatable bonds is 7. The SMILES string of the molecule is CN(c1cc(C(=O)NCCNc2ccnc3cc(Cl)ccc23)ccc1Cl)S(C)(=O)=O. The van der Waals surface area contributed by atoms with Gasteiger partial charge in [-0.25, -0.2) is 8.42 Å². The van der Waals surface area contributed by atoms with E-state index in [0.29, 0.717) is 23.7 Å². The zero-order valence-corrected chi connectivity index (χ0v) is 18.6. The Morgan fingerprint density at radius 2 is 1.87 bits per heavy atom. The Balaban J connectivity index is 1.63. The normalized spacial score (nSPS) is 11.3. The van der Waals surface area contributed by atoms with Crippen molar-refractivity contribution in [3.63, 3.8) is 0 Å². The fraction of sp³-hybridized carbons (Fsp3) is 0.200. The maximum absolute atomic E-state index is 12.5. The Hall–Kier alpha value is -2.55. The van der Waals surface area contributed by atoms with Crippen molar-refractivity contribution in [2.75, 3.05) is 36.0 Å². The number of carbonyl (C=O) groups is 1. The molecule has 0 aliphatic carbocycles. The number of anilines is 2. The summed E-state index contributed by atoms with van der Waals surface area (Å²) in [7, 11) is -2.12. The summed E-state index contributed by atoms with van der Waals surface area (Å²) in [6.07, 6.45) is 2.76. The van der Waals surface area contributed by atoms with E-state index in [1.807, 2.05) is 12.1 Å². The third kappa shape index (κ3) is 5.13. The molecule has 10 heteroatoms. The van der Waals surface area contributed by atoms with Crippen molar-refractivity contribution in [1.29, 1.82) is 0 Å². The Kier molecular flexibility index (Phi) is 6.70. The van der Waals surface area contributed by atoms with E-state index in [1.165, 1.54) is 19.2 Å². The maximum Gasteiger partial charge on any atom is 0.251 e. The van der Waals surface area contributed by atoms with E-state index in [0.717, 1.165) is 27.2 Å². The average molecular weight is 467 g/mol. The lowest BCUT2D eigenvalue weighted by Crippen LogP contribution is -2.29. The fourth-order valence-electron chi connectivity index (χ4n) is 2.82. The highest BCUT2D eigenvalue weighted by Gasteiger charge is 2.17. The predicted octanol–water partition coefficient (Wildman–Crippen LogP) is 3.78. The first-order valence-electron chi connectivity index (χ1n) is 8.96. The molecule has 0 aliphatic heterocycles. The number of nitrogens with zero attached hydrogens (tertiary/aromatic N) is 2. The lowest BCUT2D eigenvalue weighted by Gasteiger charge is -2.19. The summed E-state index contributed by atoms with van der Waals surface area (Å²) in [6.45, 7) is 0.841. The van der Waals surface area contributed by atoms with E-state index in [2.05, 4.69) is 15.6 Å². The first kappa shape index (κ1) is 22.1. The van der Waals surface area contributed by atoms with Gasteiger partial charge in [-0.1, -0.05) is 23.2 Å². The van der Waals surface area contributed by atoms with E-state index >= 15 is 0 Å². The van der Waals surface area contributed by atoms with Crippen molar-refractivity contribution in [3.05, 3.63) is 64.3 Å². The van der Waals surface area contributed by atoms with Crippen molar-refractivity contribution >= 4 is 61.4 Å². The second kappa shape index (κ2) is 9.07. The molecule has 1 amide bonds. The number of hydrogen-bond acceptors (Lipinski definition) is 5. The lowest BCUT2D eigenvalue weighted by molar-refractivity contribution is 0.0955. The van der Waals surface area contributed by atoms with Gasteiger partial charge in [0, 0.05) is 48.0 Å². The molecule has 2 N–H and O–H groups in total. The third-order valence-corrected chi connectivity index (χ3v) is 6.22. The second-order valence-corrected chi connectivity index (χ2v) is 9.46. The van der Waals surface area contributed by atoms with E-state index in [4.69, 9.17) is 23.2 Å². The average Bonchev–Trinajstić information content (AvgIpc) is 2.70. The molecule has 0 radical (unpaired) electrons. The molecule has 0 unspecified atom stereocenters. The number of halogens is 2. The zero-order chi connectivity index (χ0) is 21.9. The van der Waals surface area contributed by atoms with E-state index in [1.54, 1.807) is 24.4 Å². The number of benzene rings is 2. The van der Waals surface area contributed by atoms with Crippen LogP contribution in [0.1, 0.15) is 10.4 Å². The van der Waals surface area contributed by atoms with E-state index in [-0.39, 0.29) is 16.6 Å². The van der Waals surface area contributed by atoms with Crippen LogP contribution in [-0.2, 0) is 10.0 Å². The molecular formula is C20H20Cl2N4O3S. The van der Waals surface area contributed by atoms with Crippen LogP contribution in [0.5, 0.6) is 0 Å². The van der Waals surface area contributed by atoms with Crippen molar-refractivity contribution in [1.82, 2.24) is 10.3 Å². The highest BCUT2D eigenvalue weighted by Crippen LogP contribution is 2.28. The largest absolute Gasteiger partial charge is 0.383 e. The second-order valence-electron chi connectivity index (χ2n) is 6.60. The van der Waals surface area contributed by atoms with Gasteiger partial charge in [-0.2, -0.15) is 0 Å². The molecule has 0 saturated heterocycles. The Labute approximate surface area is 185 Å². The van der Waals surface area contributed by atoms with Crippen LogP contribution < -0.4 is 14.9 Å². The summed E-state index contributed by atoms with van der Waals surface area (Å²) in [4.78, 5) is 16.8. The molecule has 7 nitrogen and oxygen atoms in total. The minimum Gasteiger partial charge on any atom is -0.383 e. The number of fused-ring (bicyclic) bond motifs is 1. The molecule has 0 saturated carbocycles. The molecule has 158 valence electrons. The van der Waals surface area contributed by atoms with Crippen LogP contribution in [-0.4, -0.2) is 45.7 Å². The molecule has 3 rings (SSSR count). The van der Waals surface area contributed by atoms with Crippen LogP contribution in [0.2, 0.25) is 10.0 Å². The smallest absolute Gasteiger partial charge is 0.251 e. The van der Waals surface area contributed by atoms with Gasteiger partial charge in [0.25, 0.3) is 5.91 Å². The Morgan fingerprint density at radius 3 is 2.60 bits per heavy atom. The van der Waals surface area contributed by atoms with Crippen LogP contribution in [0, 0.1) is 0 Å². The van der Waals surface area contributed by atoms with Crippen LogP contribution in [0.3, 0.4) is 0 Å².